The van der Waals surface area contributed by atoms with Crippen molar-refractivity contribution in [3.05, 3.63) is 65.5 Å². The van der Waals surface area contributed by atoms with Crippen LogP contribution in [0.1, 0.15) is 21.6 Å². The van der Waals surface area contributed by atoms with Gasteiger partial charge in [0, 0.05) is 6.07 Å². The fourth-order valence-corrected chi connectivity index (χ4v) is 2.81. The van der Waals surface area contributed by atoms with Crippen molar-refractivity contribution in [2.45, 2.75) is 13.1 Å². The van der Waals surface area contributed by atoms with E-state index in [1.54, 1.807) is 25.1 Å². The quantitative estimate of drug-likeness (QED) is 0.680. The van der Waals surface area contributed by atoms with E-state index in [-0.39, 0.29) is 11.3 Å². The summed E-state index contributed by atoms with van der Waals surface area (Å²) in [5, 5.41) is 6.80. The number of aromatic nitrogens is 2. The minimum atomic E-state index is -4.47. The number of ether oxygens (including phenoxy) is 2. The zero-order valence-corrected chi connectivity index (χ0v) is 15.9. The van der Waals surface area contributed by atoms with Crippen LogP contribution >= 0.6 is 0 Å². The second-order valence-corrected chi connectivity index (χ2v) is 6.12. The molecule has 0 saturated heterocycles. The summed E-state index contributed by atoms with van der Waals surface area (Å²) in [6.45, 7) is 1.60. The highest BCUT2D eigenvalue weighted by Gasteiger charge is 2.30. The molecule has 1 N–H and O–H groups in total. The molecule has 29 heavy (non-hydrogen) atoms. The Kier molecular flexibility index (Phi) is 5.49. The lowest BCUT2D eigenvalue weighted by Crippen LogP contribution is -2.14. The molecule has 0 fully saturated rings. The van der Waals surface area contributed by atoms with Crippen molar-refractivity contribution in [1.29, 1.82) is 0 Å². The topological polar surface area (TPSA) is 65.4 Å². The number of hydrogen-bond acceptors (Lipinski definition) is 4. The number of halogens is 3. The van der Waals surface area contributed by atoms with Crippen LogP contribution in [0, 0.1) is 6.92 Å². The molecule has 6 nitrogen and oxygen atoms in total. The van der Waals surface area contributed by atoms with Gasteiger partial charge in [-0.1, -0.05) is 6.07 Å². The summed E-state index contributed by atoms with van der Waals surface area (Å²) >= 11 is 0. The van der Waals surface area contributed by atoms with Crippen molar-refractivity contribution in [2.24, 2.45) is 0 Å². The van der Waals surface area contributed by atoms with Crippen LogP contribution in [-0.4, -0.2) is 29.9 Å². The lowest BCUT2D eigenvalue weighted by molar-refractivity contribution is -0.137. The van der Waals surface area contributed by atoms with Gasteiger partial charge in [0.25, 0.3) is 5.91 Å². The smallest absolute Gasteiger partial charge is 0.416 e. The molecule has 0 radical (unpaired) electrons. The Morgan fingerprint density at radius 2 is 1.86 bits per heavy atom. The van der Waals surface area contributed by atoms with Crippen LogP contribution in [0.15, 0.2) is 48.7 Å². The van der Waals surface area contributed by atoms with Crippen LogP contribution in [0.25, 0.3) is 5.69 Å². The summed E-state index contributed by atoms with van der Waals surface area (Å²) in [7, 11) is 2.96. The standard InChI is InChI=1S/C20H18F3N3O3/c1-12-16(19(27)25-17-10-15(28-2)7-8-18(17)29-3)11-24-26(12)14-6-4-5-13(9-14)20(21,22)23/h4-11H,1-3H3,(H,25,27). The van der Waals surface area contributed by atoms with Crippen LogP contribution in [0.5, 0.6) is 11.5 Å². The summed E-state index contributed by atoms with van der Waals surface area (Å²) in [6, 6.07) is 9.67. The van der Waals surface area contributed by atoms with Gasteiger partial charge < -0.3 is 14.8 Å². The average molecular weight is 405 g/mol. The molecule has 9 heteroatoms. The number of nitrogens with one attached hydrogen (secondary N) is 1. The highest BCUT2D eigenvalue weighted by Crippen LogP contribution is 2.31. The molecule has 0 saturated carbocycles. The number of methoxy groups -OCH3 is 2. The van der Waals surface area contributed by atoms with Gasteiger partial charge in [-0.2, -0.15) is 18.3 Å². The monoisotopic (exact) mass is 405 g/mol. The Hall–Kier alpha value is -3.49. The van der Waals surface area contributed by atoms with E-state index in [2.05, 4.69) is 10.4 Å². The maximum atomic E-state index is 13.0. The molecule has 1 amide bonds. The number of amides is 1. The van der Waals surface area contributed by atoms with Gasteiger partial charge in [-0.25, -0.2) is 4.68 Å². The Morgan fingerprint density at radius 3 is 2.52 bits per heavy atom. The van der Waals surface area contributed by atoms with E-state index < -0.39 is 17.6 Å². The summed E-state index contributed by atoms with van der Waals surface area (Å²) in [5.41, 5.74) is 0.409. The normalized spacial score (nSPS) is 11.2. The predicted octanol–water partition coefficient (Wildman–Crippen LogP) is 4.47. The first-order valence-corrected chi connectivity index (χ1v) is 8.50. The summed E-state index contributed by atoms with van der Waals surface area (Å²) in [6.07, 6.45) is -3.17. The number of nitrogens with zero attached hydrogens (tertiary/aromatic N) is 2. The largest absolute Gasteiger partial charge is 0.497 e. The highest BCUT2D eigenvalue weighted by molar-refractivity contribution is 6.05. The van der Waals surface area contributed by atoms with E-state index in [1.165, 1.54) is 37.2 Å². The molecule has 0 aliphatic carbocycles. The third-order valence-electron chi connectivity index (χ3n) is 4.33. The number of benzene rings is 2. The third-order valence-corrected chi connectivity index (χ3v) is 4.33. The van der Waals surface area contributed by atoms with Gasteiger partial charge in [0.15, 0.2) is 0 Å². The molecule has 3 aromatic rings. The van der Waals surface area contributed by atoms with Crippen molar-refractivity contribution in [2.75, 3.05) is 19.5 Å². The molecule has 1 aromatic heterocycles. The molecular formula is C20H18F3N3O3. The van der Waals surface area contributed by atoms with E-state index in [0.29, 0.717) is 22.9 Å². The van der Waals surface area contributed by atoms with Gasteiger partial charge in [-0.3, -0.25) is 4.79 Å². The van der Waals surface area contributed by atoms with E-state index in [4.69, 9.17) is 9.47 Å². The fraction of sp³-hybridized carbons (Fsp3) is 0.200. The number of anilines is 1. The minimum absolute atomic E-state index is 0.204. The van der Waals surface area contributed by atoms with Crippen molar-refractivity contribution >= 4 is 11.6 Å². The first-order chi connectivity index (χ1) is 13.7. The molecule has 0 aliphatic heterocycles. The summed E-state index contributed by atoms with van der Waals surface area (Å²) in [5.74, 6) is 0.479. The Morgan fingerprint density at radius 1 is 1.10 bits per heavy atom. The SMILES string of the molecule is COc1ccc(OC)c(NC(=O)c2cnn(-c3cccc(C(F)(F)F)c3)c2C)c1. The Bertz CT molecular complexity index is 1040. The lowest BCUT2D eigenvalue weighted by Gasteiger charge is -2.12. The molecular weight excluding hydrogens is 387 g/mol. The third kappa shape index (κ3) is 4.18. The van der Waals surface area contributed by atoms with E-state index in [0.717, 1.165) is 12.1 Å². The average Bonchev–Trinajstić information content (AvgIpc) is 3.08. The molecule has 0 spiro atoms. The number of hydrogen-bond donors (Lipinski definition) is 1. The zero-order chi connectivity index (χ0) is 21.2. The fourth-order valence-electron chi connectivity index (χ4n) is 2.81. The highest BCUT2D eigenvalue weighted by atomic mass is 19.4. The van der Waals surface area contributed by atoms with Crippen LogP contribution in [0.2, 0.25) is 0 Å². The van der Waals surface area contributed by atoms with E-state index >= 15 is 0 Å². The van der Waals surface area contributed by atoms with Crippen molar-refractivity contribution in [3.8, 4) is 17.2 Å². The first-order valence-electron chi connectivity index (χ1n) is 8.50. The van der Waals surface area contributed by atoms with Crippen LogP contribution < -0.4 is 14.8 Å². The summed E-state index contributed by atoms with van der Waals surface area (Å²) < 4.78 is 50.6. The molecule has 1 heterocycles. The number of carbonyl (C=O) groups excluding carboxylic acids is 1. The lowest BCUT2D eigenvalue weighted by atomic mass is 10.2. The predicted molar refractivity (Wildman–Crippen MR) is 101 cm³/mol. The van der Waals surface area contributed by atoms with Crippen molar-refractivity contribution in [1.82, 2.24) is 9.78 Å². The Balaban J connectivity index is 1.91. The molecule has 2 aromatic carbocycles. The second kappa shape index (κ2) is 7.86. The minimum Gasteiger partial charge on any atom is -0.497 e. The zero-order valence-electron chi connectivity index (χ0n) is 15.9. The van der Waals surface area contributed by atoms with Crippen molar-refractivity contribution in [3.63, 3.8) is 0 Å². The van der Waals surface area contributed by atoms with Crippen LogP contribution in [-0.2, 0) is 6.18 Å². The first kappa shape index (κ1) is 20.2. The molecule has 0 aliphatic rings. The molecule has 3 rings (SSSR count). The van der Waals surface area contributed by atoms with Gasteiger partial charge in [0.2, 0.25) is 0 Å². The molecule has 0 bridgehead atoms. The maximum Gasteiger partial charge on any atom is 0.416 e. The second-order valence-electron chi connectivity index (χ2n) is 6.12. The van der Waals surface area contributed by atoms with Gasteiger partial charge in [0.05, 0.1) is 48.6 Å². The number of carbonyl (C=O) groups is 1. The molecule has 0 atom stereocenters. The van der Waals surface area contributed by atoms with Crippen LogP contribution in [0.3, 0.4) is 0 Å². The molecule has 0 unspecified atom stereocenters. The van der Waals surface area contributed by atoms with Gasteiger partial charge in [0.1, 0.15) is 11.5 Å². The Labute approximate surface area is 164 Å². The van der Waals surface area contributed by atoms with E-state index in [1.807, 2.05) is 0 Å². The van der Waals surface area contributed by atoms with E-state index in [9.17, 15) is 18.0 Å². The van der Waals surface area contributed by atoms with Crippen LogP contribution in [0.4, 0.5) is 18.9 Å². The van der Waals surface area contributed by atoms with Gasteiger partial charge in [-0.15, -0.1) is 0 Å². The van der Waals surface area contributed by atoms with Crippen molar-refractivity contribution < 1.29 is 27.4 Å². The molecule has 152 valence electrons. The van der Waals surface area contributed by atoms with Gasteiger partial charge >= 0.3 is 6.18 Å². The number of rotatable bonds is 5. The van der Waals surface area contributed by atoms with Gasteiger partial charge in [-0.05, 0) is 37.3 Å². The number of alkyl halides is 3. The maximum absolute atomic E-state index is 13.0. The summed E-state index contributed by atoms with van der Waals surface area (Å²) in [4.78, 5) is 12.7.